The van der Waals surface area contributed by atoms with Gasteiger partial charge < -0.3 is 0 Å². The molecule has 0 saturated carbocycles. The van der Waals surface area contributed by atoms with E-state index in [9.17, 15) is 0 Å². The lowest BCUT2D eigenvalue weighted by molar-refractivity contribution is 1.43. The number of fused-ring (bicyclic) bond motifs is 1. The van der Waals surface area contributed by atoms with Gasteiger partial charge in [0.25, 0.3) is 0 Å². The van der Waals surface area contributed by atoms with E-state index in [2.05, 4.69) is 38.3 Å². The second kappa shape index (κ2) is 2.60. The number of thiophene rings is 1. The van der Waals surface area contributed by atoms with E-state index < -0.39 is 0 Å². The first-order valence-corrected chi connectivity index (χ1v) is 5.01. The number of aryl methyl sites for hydroxylation is 3. The molecule has 0 saturated heterocycles. The van der Waals surface area contributed by atoms with Crippen LogP contribution in [0.5, 0.6) is 0 Å². The first kappa shape index (κ1) is 7.81. The fourth-order valence-corrected chi connectivity index (χ4v) is 2.67. The van der Waals surface area contributed by atoms with Crippen LogP contribution in [0.25, 0.3) is 10.8 Å². The third kappa shape index (κ3) is 1.05. The summed E-state index contributed by atoms with van der Waals surface area (Å²) in [5, 5.41) is 5.09. The Kier molecular flexibility index (Phi) is 1.69. The fraction of sp³-hybridized carbons (Fsp3) is 0.273. The van der Waals surface area contributed by atoms with Gasteiger partial charge in [0.15, 0.2) is 0 Å². The van der Waals surface area contributed by atoms with Gasteiger partial charge in [-0.2, -0.15) is 0 Å². The van der Waals surface area contributed by atoms with Crippen molar-refractivity contribution in [2.75, 3.05) is 0 Å². The number of hydrogen-bond acceptors (Lipinski definition) is 1. The molecule has 1 heterocycles. The summed E-state index contributed by atoms with van der Waals surface area (Å²) >= 11 is 1.84. The van der Waals surface area contributed by atoms with Gasteiger partial charge in [0.1, 0.15) is 0 Å². The highest BCUT2D eigenvalue weighted by atomic mass is 32.1. The van der Waals surface area contributed by atoms with Crippen molar-refractivity contribution in [2.24, 2.45) is 0 Å². The van der Waals surface area contributed by atoms with Crippen LogP contribution >= 0.6 is 11.3 Å². The fourth-order valence-electron chi connectivity index (χ4n) is 1.79. The van der Waals surface area contributed by atoms with E-state index in [0.29, 0.717) is 0 Å². The summed E-state index contributed by atoms with van der Waals surface area (Å²) < 4.78 is 0. The summed E-state index contributed by atoms with van der Waals surface area (Å²) in [5.41, 5.74) is 2.77. The van der Waals surface area contributed by atoms with E-state index in [4.69, 9.17) is 0 Å². The molecule has 62 valence electrons. The molecule has 0 fully saturated rings. The van der Waals surface area contributed by atoms with Crippen molar-refractivity contribution in [3.63, 3.8) is 0 Å². The second-order valence-corrected chi connectivity index (χ2v) is 4.42. The van der Waals surface area contributed by atoms with Crippen molar-refractivity contribution in [3.8, 4) is 0 Å². The van der Waals surface area contributed by atoms with Crippen molar-refractivity contribution in [3.05, 3.63) is 33.5 Å². The van der Waals surface area contributed by atoms with E-state index in [1.807, 2.05) is 11.3 Å². The Morgan fingerprint density at radius 1 is 1.08 bits per heavy atom. The van der Waals surface area contributed by atoms with Crippen LogP contribution in [0.1, 0.15) is 16.0 Å². The minimum absolute atomic E-state index is 1.36. The van der Waals surface area contributed by atoms with Gasteiger partial charge in [0.2, 0.25) is 0 Å². The molecule has 1 aromatic carbocycles. The van der Waals surface area contributed by atoms with Gasteiger partial charge >= 0.3 is 0 Å². The van der Waals surface area contributed by atoms with Gasteiger partial charge in [-0.05, 0) is 42.5 Å². The molecule has 0 bridgehead atoms. The molecule has 1 heteroatoms. The van der Waals surface area contributed by atoms with E-state index in [-0.39, 0.29) is 0 Å². The maximum Gasteiger partial charge on any atom is 0.00954 e. The van der Waals surface area contributed by atoms with Gasteiger partial charge in [-0.25, -0.2) is 0 Å². The zero-order chi connectivity index (χ0) is 8.72. The first-order valence-electron chi connectivity index (χ1n) is 4.13. The molecule has 12 heavy (non-hydrogen) atoms. The van der Waals surface area contributed by atoms with E-state index in [1.54, 1.807) is 0 Å². The third-order valence-corrected chi connectivity index (χ3v) is 3.15. The smallest absolute Gasteiger partial charge is 0.00954 e. The topological polar surface area (TPSA) is 0 Å². The van der Waals surface area contributed by atoms with Crippen LogP contribution in [0, 0.1) is 20.8 Å². The van der Waals surface area contributed by atoms with Crippen molar-refractivity contribution in [1.82, 2.24) is 0 Å². The molecule has 0 aliphatic rings. The maximum atomic E-state index is 2.26. The zero-order valence-electron chi connectivity index (χ0n) is 7.64. The predicted octanol–water partition coefficient (Wildman–Crippen LogP) is 3.83. The van der Waals surface area contributed by atoms with Crippen LogP contribution in [0.2, 0.25) is 0 Å². The molecule has 0 radical (unpaired) electrons. The Morgan fingerprint density at radius 3 is 2.58 bits per heavy atom. The van der Waals surface area contributed by atoms with E-state index in [1.165, 1.54) is 26.8 Å². The minimum Gasteiger partial charge on any atom is -0.148 e. The minimum atomic E-state index is 1.36. The number of benzene rings is 1. The largest absolute Gasteiger partial charge is 0.148 e. The zero-order valence-corrected chi connectivity index (χ0v) is 8.46. The first-order chi connectivity index (χ1) is 5.68. The van der Waals surface area contributed by atoms with Gasteiger partial charge in [-0.15, -0.1) is 11.3 Å². The van der Waals surface area contributed by atoms with Crippen LogP contribution in [0.4, 0.5) is 0 Å². The Bertz CT molecular complexity index is 424. The third-order valence-electron chi connectivity index (χ3n) is 2.23. The molecule has 0 atom stereocenters. The predicted molar refractivity (Wildman–Crippen MR) is 56.0 cm³/mol. The highest BCUT2D eigenvalue weighted by Gasteiger charge is 2.02. The van der Waals surface area contributed by atoms with Gasteiger partial charge in [0, 0.05) is 4.88 Å². The Hall–Kier alpha value is -0.820. The molecule has 2 rings (SSSR count). The standard InChI is InChI=1S/C11H12S/c1-7-4-8(2)11-9(3)12-6-10(11)5-7/h4-6H,1-3H3. The molecule has 0 unspecified atom stereocenters. The summed E-state index contributed by atoms with van der Waals surface area (Å²) in [4.78, 5) is 1.43. The van der Waals surface area contributed by atoms with Crippen LogP contribution in [-0.4, -0.2) is 0 Å². The van der Waals surface area contributed by atoms with E-state index >= 15 is 0 Å². The molecule has 0 spiro atoms. The van der Waals surface area contributed by atoms with Crippen molar-refractivity contribution in [1.29, 1.82) is 0 Å². The lowest BCUT2D eigenvalue weighted by Gasteiger charge is -1.99. The molecule has 0 aliphatic heterocycles. The van der Waals surface area contributed by atoms with Crippen molar-refractivity contribution >= 4 is 22.1 Å². The molecule has 1 aromatic heterocycles. The van der Waals surface area contributed by atoms with Crippen molar-refractivity contribution in [2.45, 2.75) is 20.8 Å². The molecular weight excluding hydrogens is 164 g/mol. The summed E-state index contributed by atoms with van der Waals surface area (Å²) in [6.07, 6.45) is 0. The van der Waals surface area contributed by atoms with E-state index in [0.717, 1.165) is 0 Å². The SMILES string of the molecule is Cc1cc(C)c2c(C)scc2c1. The highest BCUT2D eigenvalue weighted by molar-refractivity contribution is 7.11. The van der Waals surface area contributed by atoms with Crippen LogP contribution in [0.15, 0.2) is 17.5 Å². The monoisotopic (exact) mass is 176 g/mol. The Morgan fingerprint density at radius 2 is 1.83 bits per heavy atom. The molecule has 2 aromatic rings. The summed E-state index contributed by atoms with van der Waals surface area (Å²) in [6.45, 7) is 6.53. The number of rotatable bonds is 0. The molecule has 0 N–H and O–H groups in total. The van der Waals surface area contributed by atoms with Crippen LogP contribution < -0.4 is 0 Å². The highest BCUT2D eigenvalue weighted by Crippen LogP contribution is 2.28. The molecule has 0 amide bonds. The van der Waals surface area contributed by atoms with Crippen LogP contribution in [0.3, 0.4) is 0 Å². The van der Waals surface area contributed by atoms with Gasteiger partial charge in [0.05, 0.1) is 0 Å². The maximum absolute atomic E-state index is 2.26. The lowest BCUT2D eigenvalue weighted by Crippen LogP contribution is -1.78. The van der Waals surface area contributed by atoms with Crippen molar-refractivity contribution < 1.29 is 0 Å². The summed E-state index contributed by atoms with van der Waals surface area (Å²) in [5.74, 6) is 0. The Labute approximate surface area is 76.8 Å². The number of hydrogen-bond donors (Lipinski definition) is 0. The summed E-state index contributed by atoms with van der Waals surface area (Å²) in [6, 6.07) is 4.51. The van der Waals surface area contributed by atoms with Gasteiger partial charge in [-0.1, -0.05) is 17.7 Å². The average molecular weight is 176 g/mol. The Balaban J connectivity index is 2.93. The summed E-state index contributed by atoms with van der Waals surface area (Å²) in [7, 11) is 0. The lowest BCUT2D eigenvalue weighted by atomic mass is 10.1. The quantitative estimate of drug-likeness (QED) is 0.572. The van der Waals surface area contributed by atoms with Gasteiger partial charge in [-0.3, -0.25) is 0 Å². The molecule has 0 aliphatic carbocycles. The van der Waals surface area contributed by atoms with Crippen LogP contribution in [-0.2, 0) is 0 Å². The molecular formula is C11H12S. The normalized spacial score (nSPS) is 10.9. The average Bonchev–Trinajstić information content (AvgIpc) is 2.31. The molecule has 0 nitrogen and oxygen atoms in total. The second-order valence-electron chi connectivity index (χ2n) is 3.34.